The Hall–Kier alpha value is -3.21. The predicted octanol–water partition coefficient (Wildman–Crippen LogP) is 5.26. The van der Waals surface area contributed by atoms with E-state index in [9.17, 15) is 9.59 Å². The van der Waals surface area contributed by atoms with Crippen molar-refractivity contribution in [1.82, 2.24) is 0 Å². The summed E-state index contributed by atoms with van der Waals surface area (Å²) in [4.78, 5) is 30.7. The first kappa shape index (κ1) is 22.0. The first-order valence-corrected chi connectivity index (χ1v) is 10.9. The highest BCUT2D eigenvalue weighted by molar-refractivity contribution is 6.09. The first-order chi connectivity index (χ1) is 15.3. The van der Waals surface area contributed by atoms with Gasteiger partial charge in [-0.1, -0.05) is 56.3 Å². The third kappa shape index (κ3) is 4.38. The summed E-state index contributed by atoms with van der Waals surface area (Å²) in [5.41, 5.74) is 3.99. The molecule has 1 heterocycles. The van der Waals surface area contributed by atoms with E-state index in [4.69, 9.17) is 14.5 Å². The van der Waals surface area contributed by atoms with Crippen molar-refractivity contribution < 1.29 is 19.1 Å². The van der Waals surface area contributed by atoms with Crippen LogP contribution in [0.5, 0.6) is 5.75 Å². The van der Waals surface area contributed by atoms with Crippen LogP contribution in [-0.2, 0) is 20.9 Å². The molecule has 32 heavy (non-hydrogen) atoms. The van der Waals surface area contributed by atoms with E-state index in [1.54, 1.807) is 0 Å². The van der Waals surface area contributed by atoms with Gasteiger partial charge in [-0.05, 0) is 42.0 Å². The maximum absolute atomic E-state index is 13.2. The molecule has 2 aromatic carbocycles. The van der Waals surface area contributed by atoms with Crippen LogP contribution in [0.3, 0.4) is 0 Å². The second kappa shape index (κ2) is 8.73. The van der Waals surface area contributed by atoms with Crippen molar-refractivity contribution in [3.05, 3.63) is 77.0 Å². The molecule has 0 spiro atoms. The molecule has 2 aliphatic rings. The number of ketones is 1. The lowest BCUT2D eigenvalue weighted by Gasteiger charge is -2.38. The number of rotatable bonds is 5. The van der Waals surface area contributed by atoms with Crippen LogP contribution in [0.1, 0.15) is 50.7 Å². The highest BCUT2D eigenvalue weighted by atomic mass is 16.5. The summed E-state index contributed by atoms with van der Waals surface area (Å²) in [5.74, 6) is -0.582. The molecule has 0 aromatic heterocycles. The molecule has 2 aromatic rings. The predicted molar refractivity (Wildman–Crippen MR) is 124 cm³/mol. The SMILES string of the molecule is COC(=O)C1C(C)=NC2=C(C(=O)CC(C)(C)C2)[C@H]1c1ccc(OCc2ccccc2)cc1. The van der Waals surface area contributed by atoms with Gasteiger partial charge in [-0.2, -0.15) is 0 Å². The van der Waals surface area contributed by atoms with Crippen LogP contribution in [0.25, 0.3) is 0 Å². The first-order valence-electron chi connectivity index (χ1n) is 10.9. The standard InChI is InChI=1S/C27H29NO4/c1-17-23(26(30)31-4)24(25-21(28-17)14-27(2,3)15-22(25)29)19-10-12-20(13-11-19)32-16-18-8-6-5-7-9-18/h5-13,23-24H,14-16H2,1-4H3/t23?,24-/m0/s1. The molecule has 0 saturated heterocycles. The molecular weight excluding hydrogens is 402 g/mol. The van der Waals surface area contributed by atoms with Crippen molar-refractivity contribution >= 4 is 17.5 Å². The minimum Gasteiger partial charge on any atom is -0.489 e. The second-order valence-electron chi connectivity index (χ2n) is 9.38. The molecule has 1 unspecified atom stereocenters. The molecular formula is C27H29NO4. The number of carbonyl (C=O) groups is 2. The second-order valence-corrected chi connectivity index (χ2v) is 9.38. The largest absolute Gasteiger partial charge is 0.489 e. The Balaban J connectivity index is 1.66. The average molecular weight is 432 g/mol. The third-order valence-corrected chi connectivity index (χ3v) is 6.24. The lowest BCUT2D eigenvalue weighted by atomic mass is 9.67. The van der Waals surface area contributed by atoms with Crippen molar-refractivity contribution in [2.75, 3.05) is 7.11 Å². The van der Waals surface area contributed by atoms with Crippen LogP contribution >= 0.6 is 0 Å². The highest BCUT2D eigenvalue weighted by Gasteiger charge is 2.45. The van der Waals surface area contributed by atoms with Crippen molar-refractivity contribution in [3.8, 4) is 5.75 Å². The molecule has 5 nitrogen and oxygen atoms in total. The monoisotopic (exact) mass is 431 g/mol. The number of nitrogens with zero attached hydrogens (tertiary/aromatic N) is 1. The number of allylic oxidation sites excluding steroid dienone is 2. The Morgan fingerprint density at radius 3 is 2.41 bits per heavy atom. The van der Waals surface area contributed by atoms with Gasteiger partial charge < -0.3 is 9.47 Å². The van der Waals surface area contributed by atoms with Crippen LogP contribution in [0.2, 0.25) is 0 Å². The van der Waals surface area contributed by atoms with Crippen LogP contribution in [0.15, 0.2) is 70.9 Å². The normalized spacial score (nSPS) is 22.1. The summed E-state index contributed by atoms with van der Waals surface area (Å²) in [6, 6.07) is 17.6. The van der Waals surface area contributed by atoms with E-state index >= 15 is 0 Å². The van der Waals surface area contributed by atoms with Crippen LogP contribution < -0.4 is 4.74 Å². The van der Waals surface area contributed by atoms with E-state index in [1.165, 1.54) is 7.11 Å². The molecule has 5 heteroatoms. The van der Waals surface area contributed by atoms with E-state index in [2.05, 4.69) is 13.8 Å². The number of carbonyl (C=O) groups excluding carboxylic acids is 2. The van der Waals surface area contributed by atoms with E-state index in [1.807, 2.05) is 61.5 Å². The Labute approximate surface area is 189 Å². The average Bonchev–Trinajstić information content (AvgIpc) is 2.76. The van der Waals surface area contributed by atoms with Crippen LogP contribution in [0, 0.1) is 11.3 Å². The van der Waals surface area contributed by atoms with Gasteiger partial charge in [0.15, 0.2) is 5.78 Å². The minimum absolute atomic E-state index is 0.0656. The molecule has 0 saturated carbocycles. The van der Waals surface area contributed by atoms with E-state index < -0.39 is 11.8 Å². The van der Waals surface area contributed by atoms with Gasteiger partial charge in [0.1, 0.15) is 18.3 Å². The van der Waals surface area contributed by atoms with Gasteiger partial charge in [0, 0.05) is 29.3 Å². The van der Waals surface area contributed by atoms with Gasteiger partial charge in [-0.25, -0.2) is 0 Å². The van der Waals surface area contributed by atoms with Gasteiger partial charge in [-0.3, -0.25) is 14.6 Å². The Morgan fingerprint density at radius 1 is 1.06 bits per heavy atom. The van der Waals surface area contributed by atoms with Crippen molar-refractivity contribution in [2.24, 2.45) is 16.3 Å². The zero-order valence-electron chi connectivity index (χ0n) is 19.1. The maximum atomic E-state index is 13.2. The number of hydrogen-bond acceptors (Lipinski definition) is 5. The number of hydrogen-bond donors (Lipinski definition) is 0. The molecule has 1 aliphatic carbocycles. The number of benzene rings is 2. The third-order valence-electron chi connectivity index (χ3n) is 6.24. The highest BCUT2D eigenvalue weighted by Crippen LogP contribution is 2.48. The molecule has 166 valence electrons. The topological polar surface area (TPSA) is 65.0 Å². The zero-order chi connectivity index (χ0) is 22.9. The summed E-state index contributed by atoms with van der Waals surface area (Å²) >= 11 is 0. The molecule has 0 amide bonds. The van der Waals surface area contributed by atoms with Gasteiger partial charge in [-0.15, -0.1) is 0 Å². The van der Waals surface area contributed by atoms with E-state index in [-0.39, 0.29) is 17.2 Å². The summed E-state index contributed by atoms with van der Waals surface area (Å²) < 4.78 is 11.0. The fraction of sp³-hybridized carbons (Fsp3) is 0.370. The number of Topliss-reactive ketones (excluding diaryl/α,β-unsaturated/α-hetero) is 1. The molecule has 2 atom stereocenters. The van der Waals surface area contributed by atoms with E-state index in [0.29, 0.717) is 30.7 Å². The maximum Gasteiger partial charge on any atom is 0.315 e. The Bertz CT molecular complexity index is 1080. The Morgan fingerprint density at radius 2 is 1.75 bits per heavy atom. The molecule has 4 rings (SSSR count). The molecule has 0 bridgehead atoms. The van der Waals surface area contributed by atoms with E-state index in [0.717, 1.165) is 22.6 Å². The summed E-state index contributed by atoms with van der Waals surface area (Å²) in [5, 5.41) is 0. The molecule has 0 fully saturated rings. The quantitative estimate of drug-likeness (QED) is 0.606. The van der Waals surface area contributed by atoms with Crippen LogP contribution in [-0.4, -0.2) is 24.6 Å². The number of aliphatic imine (C=N–C) groups is 1. The molecule has 1 aliphatic heterocycles. The van der Waals surface area contributed by atoms with Gasteiger partial charge >= 0.3 is 5.97 Å². The number of esters is 1. The smallest absolute Gasteiger partial charge is 0.315 e. The van der Waals surface area contributed by atoms with Gasteiger partial charge in [0.05, 0.1) is 7.11 Å². The number of methoxy groups -OCH3 is 1. The van der Waals surface area contributed by atoms with Gasteiger partial charge in [0.25, 0.3) is 0 Å². The lowest BCUT2D eigenvalue weighted by molar-refractivity contribution is -0.143. The number of ether oxygens (including phenoxy) is 2. The van der Waals surface area contributed by atoms with Crippen molar-refractivity contribution in [2.45, 2.75) is 46.1 Å². The minimum atomic E-state index is -0.611. The fourth-order valence-electron chi connectivity index (χ4n) is 4.75. The molecule has 0 radical (unpaired) electrons. The summed E-state index contributed by atoms with van der Waals surface area (Å²) in [6.45, 7) is 6.49. The van der Waals surface area contributed by atoms with Crippen LogP contribution in [0.4, 0.5) is 0 Å². The Kier molecular flexibility index (Phi) is 6.00. The summed E-state index contributed by atoms with van der Waals surface area (Å²) in [7, 11) is 1.38. The lowest BCUT2D eigenvalue weighted by Crippen LogP contribution is -2.39. The fourth-order valence-corrected chi connectivity index (χ4v) is 4.75. The summed E-state index contributed by atoms with van der Waals surface area (Å²) in [6.07, 6.45) is 1.16. The van der Waals surface area contributed by atoms with Gasteiger partial charge in [0.2, 0.25) is 0 Å². The van der Waals surface area contributed by atoms with Crippen molar-refractivity contribution in [1.29, 1.82) is 0 Å². The zero-order valence-corrected chi connectivity index (χ0v) is 19.1. The van der Waals surface area contributed by atoms with Crippen molar-refractivity contribution in [3.63, 3.8) is 0 Å². The molecule has 0 N–H and O–H groups in total.